The molecule has 0 spiro atoms. The Morgan fingerprint density at radius 2 is 1.87 bits per heavy atom. The lowest BCUT2D eigenvalue weighted by Gasteiger charge is -2.60. The minimum absolute atomic E-state index is 0.0931. The highest BCUT2D eigenvalue weighted by Gasteiger charge is 2.61. The van der Waals surface area contributed by atoms with Gasteiger partial charge in [0, 0.05) is 6.42 Å². The third-order valence-corrected chi connectivity index (χ3v) is 10.5. The third-order valence-electron chi connectivity index (χ3n) is 10.5. The highest BCUT2D eigenvalue weighted by atomic mass is 16.4. The second-order valence-corrected chi connectivity index (χ2v) is 12.0. The fraction of sp³-hybridized carbons (Fsp3) is 0.852. The molecule has 0 amide bonds. The first-order valence-electron chi connectivity index (χ1n) is 12.7. The van der Waals surface area contributed by atoms with Crippen molar-refractivity contribution in [2.45, 2.75) is 98.0 Å². The van der Waals surface area contributed by atoms with Gasteiger partial charge in [-0.3, -0.25) is 9.59 Å². The van der Waals surface area contributed by atoms with Crippen LogP contribution in [0.4, 0.5) is 0 Å². The van der Waals surface area contributed by atoms with E-state index in [4.69, 9.17) is 5.11 Å². The van der Waals surface area contributed by atoms with Gasteiger partial charge in [-0.25, -0.2) is 0 Å². The van der Waals surface area contributed by atoms with Crippen LogP contribution in [0.15, 0.2) is 11.6 Å². The molecule has 3 fully saturated rings. The Bertz CT molecular complexity index is 756. The maximum Gasteiger partial charge on any atom is 0.306 e. The predicted octanol–water partition coefficient (Wildman–Crippen LogP) is 5.63. The van der Waals surface area contributed by atoms with Crippen molar-refractivity contribution in [3.8, 4) is 0 Å². The van der Waals surface area contributed by atoms with E-state index in [-0.39, 0.29) is 28.6 Å². The molecular weight excluding hydrogens is 388 g/mol. The van der Waals surface area contributed by atoms with Gasteiger partial charge in [0.05, 0.1) is 12.0 Å². The number of carbonyl (C=O) groups excluding carboxylic acids is 1. The average molecular weight is 431 g/mol. The summed E-state index contributed by atoms with van der Waals surface area (Å²) >= 11 is 0. The standard InChI is InChI=1S/C27H42O4/c1-16(6-5-7-17(2)25(30)31)20-8-9-21-24-22(11-13-27(20,21)4)26(3)12-10-19(28)14-18(26)15-23(24)29/h14,16-17,20-24,29H,5-13,15H2,1-4H3,(H,30,31)/t16-,17?,20-,21?,22?,23-,24?,26+,27-/m1/s1. The zero-order valence-corrected chi connectivity index (χ0v) is 19.9. The van der Waals surface area contributed by atoms with Gasteiger partial charge in [-0.05, 0) is 91.4 Å². The Morgan fingerprint density at radius 3 is 2.58 bits per heavy atom. The summed E-state index contributed by atoms with van der Waals surface area (Å²) in [6, 6.07) is 0. The van der Waals surface area contributed by atoms with Gasteiger partial charge in [-0.1, -0.05) is 46.1 Å². The van der Waals surface area contributed by atoms with Crippen molar-refractivity contribution in [2.24, 2.45) is 46.3 Å². The molecule has 0 aliphatic heterocycles. The minimum Gasteiger partial charge on any atom is -0.481 e. The summed E-state index contributed by atoms with van der Waals surface area (Å²) in [5.41, 5.74) is 1.59. The second kappa shape index (κ2) is 8.32. The molecule has 9 atom stereocenters. The zero-order valence-electron chi connectivity index (χ0n) is 19.9. The average Bonchev–Trinajstić information content (AvgIpc) is 3.06. The number of hydrogen-bond acceptors (Lipinski definition) is 3. The van der Waals surface area contributed by atoms with Crippen LogP contribution in [0.5, 0.6) is 0 Å². The molecular formula is C27H42O4. The molecule has 2 N–H and O–H groups in total. The number of carbonyl (C=O) groups is 2. The minimum atomic E-state index is -0.684. The number of hydrogen-bond donors (Lipinski definition) is 2. The van der Waals surface area contributed by atoms with Gasteiger partial charge in [-0.2, -0.15) is 0 Å². The number of aliphatic hydroxyl groups is 1. The van der Waals surface area contributed by atoms with Crippen molar-refractivity contribution in [2.75, 3.05) is 0 Å². The van der Waals surface area contributed by atoms with Gasteiger partial charge in [0.25, 0.3) is 0 Å². The van der Waals surface area contributed by atoms with Crippen molar-refractivity contribution in [3.63, 3.8) is 0 Å². The van der Waals surface area contributed by atoms with Gasteiger partial charge in [0.1, 0.15) is 0 Å². The van der Waals surface area contributed by atoms with E-state index in [0.29, 0.717) is 42.4 Å². The van der Waals surface area contributed by atoms with E-state index in [0.717, 1.165) is 32.1 Å². The van der Waals surface area contributed by atoms with Crippen molar-refractivity contribution < 1.29 is 19.8 Å². The number of carboxylic acids is 1. The summed E-state index contributed by atoms with van der Waals surface area (Å²) in [5, 5.41) is 20.4. The topological polar surface area (TPSA) is 74.6 Å². The number of aliphatic hydroxyl groups excluding tert-OH is 1. The summed E-state index contributed by atoms with van der Waals surface area (Å²) in [7, 11) is 0. The fourth-order valence-corrected chi connectivity index (χ4v) is 8.57. The molecule has 4 unspecified atom stereocenters. The van der Waals surface area contributed by atoms with E-state index in [2.05, 4.69) is 20.8 Å². The van der Waals surface area contributed by atoms with Crippen LogP contribution in [0.3, 0.4) is 0 Å². The highest BCUT2D eigenvalue weighted by molar-refractivity contribution is 5.91. The molecule has 0 saturated heterocycles. The summed E-state index contributed by atoms with van der Waals surface area (Å²) in [6.45, 7) is 9.05. The summed E-state index contributed by atoms with van der Waals surface area (Å²) in [6.07, 6.45) is 11.6. The van der Waals surface area contributed by atoms with Crippen molar-refractivity contribution in [3.05, 3.63) is 11.6 Å². The SMILES string of the molecule is CC(CCC[C@@H](C)[C@H]1CCC2C3C(CC[C@@]21C)[C@@]1(C)CCC(=O)C=C1C[C@H]3O)C(=O)O. The molecule has 0 radical (unpaired) electrons. The molecule has 4 aliphatic carbocycles. The van der Waals surface area contributed by atoms with Crippen LogP contribution >= 0.6 is 0 Å². The molecule has 0 heterocycles. The maximum absolute atomic E-state index is 12.1. The summed E-state index contributed by atoms with van der Waals surface area (Å²) < 4.78 is 0. The first-order valence-corrected chi connectivity index (χ1v) is 12.7. The highest BCUT2D eigenvalue weighted by Crippen LogP contribution is 2.67. The van der Waals surface area contributed by atoms with Crippen LogP contribution in [-0.4, -0.2) is 28.1 Å². The predicted molar refractivity (Wildman–Crippen MR) is 121 cm³/mol. The Morgan fingerprint density at radius 1 is 1.13 bits per heavy atom. The van der Waals surface area contributed by atoms with Gasteiger partial charge in [0.2, 0.25) is 0 Å². The molecule has 3 saturated carbocycles. The van der Waals surface area contributed by atoms with Gasteiger partial charge in [0.15, 0.2) is 5.78 Å². The number of ketones is 1. The largest absolute Gasteiger partial charge is 0.481 e. The first kappa shape index (κ1) is 23.0. The van der Waals surface area contributed by atoms with E-state index < -0.39 is 5.97 Å². The van der Waals surface area contributed by atoms with Crippen LogP contribution in [-0.2, 0) is 9.59 Å². The Balaban J connectivity index is 1.49. The van der Waals surface area contributed by atoms with Crippen molar-refractivity contribution >= 4 is 11.8 Å². The lowest BCUT2D eigenvalue weighted by molar-refractivity contribution is -0.141. The van der Waals surface area contributed by atoms with E-state index in [1.54, 1.807) is 0 Å². The summed E-state index contributed by atoms with van der Waals surface area (Å²) in [4.78, 5) is 23.2. The number of rotatable bonds is 6. The number of carboxylic acid groups (broad SMARTS) is 1. The second-order valence-electron chi connectivity index (χ2n) is 12.0. The maximum atomic E-state index is 12.1. The van der Waals surface area contributed by atoms with Crippen LogP contribution in [0.1, 0.15) is 91.9 Å². The van der Waals surface area contributed by atoms with Crippen LogP contribution in [0.25, 0.3) is 0 Å². The van der Waals surface area contributed by atoms with Crippen molar-refractivity contribution in [1.29, 1.82) is 0 Å². The molecule has 4 rings (SSSR count). The summed E-state index contributed by atoms with van der Waals surface area (Å²) in [5.74, 6) is 2.01. The van der Waals surface area contributed by atoms with Gasteiger partial charge in [-0.15, -0.1) is 0 Å². The molecule has 174 valence electrons. The van der Waals surface area contributed by atoms with E-state index in [1.807, 2.05) is 13.0 Å². The Labute approximate surface area is 187 Å². The van der Waals surface area contributed by atoms with Gasteiger partial charge >= 0.3 is 5.97 Å². The van der Waals surface area contributed by atoms with Crippen LogP contribution in [0, 0.1) is 46.3 Å². The van der Waals surface area contributed by atoms with Crippen molar-refractivity contribution in [1.82, 2.24) is 0 Å². The quantitative estimate of drug-likeness (QED) is 0.572. The fourth-order valence-electron chi connectivity index (χ4n) is 8.57. The molecule has 4 aliphatic rings. The van der Waals surface area contributed by atoms with E-state index >= 15 is 0 Å². The third kappa shape index (κ3) is 3.81. The molecule has 0 aromatic carbocycles. The Kier molecular flexibility index (Phi) is 6.17. The lowest BCUT2D eigenvalue weighted by atomic mass is 9.45. The van der Waals surface area contributed by atoms with E-state index in [1.165, 1.54) is 24.8 Å². The molecule has 4 heteroatoms. The number of fused-ring (bicyclic) bond motifs is 5. The normalized spacial score (nSPS) is 44.0. The van der Waals surface area contributed by atoms with E-state index in [9.17, 15) is 14.7 Å². The molecule has 0 bridgehead atoms. The molecule has 0 aromatic heterocycles. The molecule has 0 aromatic rings. The van der Waals surface area contributed by atoms with Crippen LogP contribution in [0.2, 0.25) is 0 Å². The Hall–Kier alpha value is -1.16. The number of aliphatic carboxylic acids is 1. The smallest absolute Gasteiger partial charge is 0.306 e. The monoisotopic (exact) mass is 430 g/mol. The lowest BCUT2D eigenvalue weighted by Crippen LogP contribution is -2.55. The molecule has 31 heavy (non-hydrogen) atoms. The zero-order chi connectivity index (χ0) is 22.6. The molecule has 4 nitrogen and oxygen atoms in total. The van der Waals surface area contributed by atoms with Crippen LogP contribution < -0.4 is 0 Å². The first-order chi connectivity index (χ1) is 14.6. The van der Waals surface area contributed by atoms with Gasteiger partial charge < -0.3 is 10.2 Å².